The van der Waals surface area contributed by atoms with E-state index in [1.165, 1.54) is 5.06 Å². The van der Waals surface area contributed by atoms with Crippen molar-refractivity contribution >= 4 is 0 Å². The van der Waals surface area contributed by atoms with E-state index in [-0.39, 0.29) is 12.6 Å². The maximum Gasteiger partial charge on any atom is 0.163 e. The number of benzene rings is 1. The van der Waals surface area contributed by atoms with E-state index in [1.807, 2.05) is 30.3 Å². The van der Waals surface area contributed by atoms with E-state index in [0.29, 0.717) is 13.0 Å². The van der Waals surface area contributed by atoms with E-state index < -0.39 is 18.0 Å². The van der Waals surface area contributed by atoms with Gasteiger partial charge in [-0.05, 0) is 25.8 Å². The Balaban J connectivity index is 2.13. The van der Waals surface area contributed by atoms with Gasteiger partial charge in [0.05, 0.1) is 12.6 Å². The minimum atomic E-state index is -0.773. The third-order valence-electron chi connectivity index (χ3n) is 3.76. The fourth-order valence-corrected chi connectivity index (χ4v) is 2.81. The molecule has 0 spiro atoms. The van der Waals surface area contributed by atoms with Crippen molar-refractivity contribution in [3.8, 4) is 0 Å². The van der Waals surface area contributed by atoms with Crippen LogP contribution in [0.5, 0.6) is 0 Å². The molecule has 1 aromatic rings. The molecule has 1 saturated heterocycles. The first-order valence-electron chi connectivity index (χ1n) is 7.53. The fourth-order valence-electron chi connectivity index (χ4n) is 2.81. The first kappa shape index (κ1) is 17.1. The minimum absolute atomic E-state index is 0.152. The van der Waals surface area contributed by atoms with Crippen molar-refractivity contribution < 1.29 is 19.8 Å². The summed E-state index contributed by atoms with van der Waals surface area (Å²) in [7, 11) is 0. The molecule has 0 amide bonds. The van der Waals surface area contributed by atoms with Crippen molar-refractivity contribution in [3.05, 3.63) is 48.6 Å². The highest BCUT2D eigenvalue weighted by Crippen LogP contribution is 2.32. The highest BCUT2D eigenvalue weighted by atomic mass is 16.8. The Kier molecular flexibility index (Phi) is 5.72. The van der Waals surface area contributed by atoms with Crippen molar-refractivity contribution in [2.45, 2.75) is 50.8 Å². The Morgan fingerprint density at radius 2 is 2.00 bits per heavy atom. The Hall–Kier alpha value is -1.24. The van der Waals surface area contributed by atoms with Gasteiger partial charge in [0, 0.05) is 6.54 Å². The molecule has 0 aromatic heterocycles. The highest BCUT2D eigenvalue weighted by Gasteiger charge is 2.46. The van der Waals surface area contributed by atoms with Crippen molar-refractivity contribution in [3.63, 3.8) is 0 Å². The SMILES string of the molecule is C=CC[C@@H]([C@@H]1OC(C)(C)O[C@@H]1CO)N(O)Cc1ccccc1. The molecule has 1 heterocycles. The Labute approximate surface area is 131 Å². The number of rotatable bonds is 7. The van der Waals surface area contributed by atoms with Gasteiger partial charge in [-0.2, -0.15) is 5.06 Å². The molecule has 1 aromatic carbocycles. The van der Waals surface area contributed by atoms with Gasteiger partial charge in [0.15, 0.2) is 5.79 Å². The topological polar surface area (TPSA) is 62.2 Å². The number of ether oxygens (including phenoxy) is 2. The van der Waals surface area contributed by atoms with Gasteiger partial charge < -0.3 is 19.8 Å². The van der Waals surface area contributed by atoms with Gasteiger partial charge in [-0.3, -0.25) is 0 Å². The second-order valence-electron chi connectivity index (χ2n) is 6.00. The molecule has 0 radical (unpaired) electrons. The summed E-state index contributed by atoms with van der Waals surface area (Å²) in [6.07, 6.45) is 1.38. The molecule has 1 aliphatic rings. The molecule has 22 heavy (non-hydrogen) atoms. The number of hydroxylamine groups is 2. The lowest BCUT2D eigenvalue weighted by Gasteiger charge is -2.31. The standard InChI is InChI=1S/C17H25NO4/c1-4-8-14(16-15(12-19)21-17(2,3)22-16)18(20)11-13-9-6-5-7-10-13/h4-7,9-10,14-16,19-20H,1,8,11-12H2,2-3H3/t14-,15+,16-/m0/s1. The van der Waals surface area contributed by atoms with E-state index in [9.17, 15) is 10.3 Å². The predicted octanol–water partition coefficient (Wildman–Crippen LogP) is 2.33. The van der Waals surface area contributed by atoms with Crippen LogP contribution in [0.4, 0.5) is 0 Å². The molecular formula is C17H25NO4. The molecule has 0 bridgehead atoms. The summed E-state index contributed by atoms with van der Waals surface area (Å²) in [6.45, 7) is 7.58. The Bertz CT molecular complexity index is 477. The van der Waals surface area contributed by atoms with Gasteiger partial charge in [0.1, 0.15) is 12.2 Å². The van der Waals surface area contributed by atoms with Crippen LogP contribution in [0.3, 0.4) is 0 Å². The van der Waals surface area contributed by atoms with E-state index in [4.69, 9.17) is 9.47 Å². The van der Waals surface area contributed by atoms with Crippen molar-refractivity contribution in [1.82, 2.24) is 5.06 Å². The number of aliphatic hydroxyl groups is 1. The van der Waals surface area contributed by atoms with Gasteiger partial charge in [0.2, 0.25) is 0 Å². The summed E-state index contributed by atoms with van der Waals surface area (Å²) in [5.74, 6) is -0.773. The molecule has 2 rings (SSSR count). The zero-order chi connectivity index (χ0) is 16.2. The smallest absolute Gasteiger partial charge is 0.163 e. The summed E-state index contributed by atoms with van der Waals surface area (Å²) in [5.41, 5.74) is 0.998. The van der Waals surface area contributed by atoms with Crippen molar-refractivity contribution in [2.75, 3.05) is 6.61 Å². The number of hydrogen-bond donors (Lipinski definition) is 2. The van der Waals surface area contributed by atoms with Crippen LogP contribution in [0, 0.1) is 0 Å². The van der Waals surface area contributed by atoms with Gasteiger partial charge >= 0.3 is 0 Å². The van der Waals surface area contributed by atoms with Crippen LogP contribution in [-0.4, -0.2) is 46.0 Å². The molecule has 3 atom stereocenters. The first-order chi connectivity index (χ1) is 10.5. The minimum Gasteiger partial charge on any atom is -0.394 e. The van der Waals surface area contributed by atoms with E-state index >= 15 is 0 Å². The third kappa shape index (κ3) is 4.15. The van der Waals surface area contributed by atoms with Crippen LogP contribution in [0.25, 0.3) is 0 Å². The van der Waals surface area contributed by atoms with Crippen LogP contribution in [0.2, 0.25) is 0 Å². The predicted molar refractivity (Wildman–Crippen MR) is 83.3 cm³/mol. The van der Waals surface area contributed by atoms with Crippen LogP contribution in [0.15, 0.2) is 43.0 Å². The lowest BCUT2D eigenvalue weighted by atomic mass is 10.0. The fraction of sp³-hybridized carbons (Fsp3) is 0.529. The molecule has 122 valence electrons. The van der Waals surface area contributed by atoms with E-state index in [1.54, 1.807) is 19.9 Å². The molecule has 0 saturated carbocycles. The van der Waals surface area contributed by atoms with Crippen LogP contribution >= 0.6 is 0 Å². The van der Waals surface area contributed by atoms with Gasteiger partial charge in [-0.15, -0.1) is 6.58 Å². The Morgan fingerprint density at radius 1 is 1.32 bits per heavy atom. The van der Waals surface area contributed by atoms with Gasteiger partial charge in [0.25, 0.3) is 0 Å². The molecule has 1 fully saturated rings. The zero-order valence-corrected chi connectivity index (χ0v) is 13.2. The molecule has 0 unspecified atom stereocenters. The zero-order valence-electron chi connectivity index (χ0n) is 13.2. The first-order valence-corrected chi connectivity index (χ1v) is 7.53. The highest BCUT2D eigenvalue weighted by molar-refractivity contribution is 5.14. The van der Waals surface area contributed by atoms with E-state index in [2.05, 4.69) is 6.58 Å². The van der Waals surface area contributed by atoms with Gasteiger partial charge in [-0.25, -0.2) is 0 Å². The molecule has 5 nitrogen and oxygen atoms in total. The summed E-state index contributed by atoms with van der Waals surface area (Å²) in [6, 6.07) is 9.36. The van der Waals surface area contributed by atoms with Crippen LogP contribution in [0.1, 0.15) is 25.8 Å². The summed E-state index contributed by atoms with van der Waals surface area (Å²) >= 11 is 0. The Morgan fingerprint density at radius 3 is 2.59 bits per heavy atom. The molecule has 5 heteroatoms. The summed E-state index contributed by atoms with van der Waals surface area (Å²) in [4.78, 5) is 0. The average molecular weight is 307 g/mol. The summed E-state index contributed by atoms with van der Waals surface area (Å²) < 4.78 is 11.6. The number of nitrogens with zero attached hydrogens (tertiary/aromatic N) is 1. The lowest BCUT2D eigenvalue weighted by molar-refractivity contribution is -0.188. The van der Waals surface area contributed by atoms with Crippen LogP contribution in [-0.2, 0) is 16.0 Å². The van der Waals surface area contributed by atoms with E-state index in [0.717, 1.165) is 5.56 Å². The third-order valence-corrected chi connectivity index (χ3v) is 3.76. The second kappa shape index (κ2) is 7.35. The number of hydrogen-bond acceptors (Lipinski definition) is 5. The molecule has 2 N–H and O–H groups in total. The second-order valence-corrected chi connectivity index (χ2v) is 6.00. The van der Waals surface area contributed by atoms with Gasteiger partial charge in [-0.1, -0.05) is 36.4 Å². The summed E-state index contributed by atoms with van der Waals surface area (Å²) in [5, 5.41) is 21.3. The quantitative estimate of drug-likeness (QED) is 0.598. The lowest BCUT2D eigenvalue weighted by Crippen LogP contribution is -2.47. The monoisotopic (exact) mass is 307 g/mol. The molecule has 0 aliphatic carbocycles. The normalized spacial score (nSPS) is 25.3. The van der Waals surface area contributed by atoms with Crippen molar-refractivity contribution in [1.29, 1.82) is 0 Å². The molecule has 1 aliphatic heterocycles. The average Bonchev–Trinajstić information content (AvgIpc) is 2.80. The molecular weight excluding hydrogens is 282 g/mol. The largest absolute Gasteiger partial charge is 0.394 e. The van der Waals surface area contributed by atoms with Crippen LogP contribution < -0.4 is 0 Å². The maximum absolute atomic E-state index is 10.5. The maximum atomic E-state index is 10.5. The van der Waals surface area contributed by atoms with Crippen molar-refractivity contribution in [2.24, 2.45) is 0 Å². The number of aliphatic hydroxyl groups excluding tert-OH is 1.